The third-order valence-corrected chi connectivity index (χ3v) is 2.45. The van der Waals surface area contributed by atoms with Gasteiger partial charge in [-0.1, -0.05) is 34.2 Å². The number of nitrogens with two attached hydrogens (primary N) is 1. The summed E-state index contributed by atoms with van der Waals surface area (Å²) >= 11 is 7.45. The molecule has 1 aromatic rings. The van der Waals surface area contributed by atoms with Gasteiger partial charge in [-0.3, -0.25) is 0 Å². The van der Waals surface area contributed by atoms with E-state index in [9.17, 15) is 13.2 Å². The van der Waals surface area contributed by atoms with Crippen molar-refractivity contribution in [3.05, 3.63) is 33.8 Å². The largest absolute Gasteiger partial charge is 0.417 e. The summed E-state index contributed by atoms with van der Waals surface area (Å²) in [5.74, 6) is 0. The molecule has 0 aromatic heterocycles. The summed E-state index contributed by atoms with van der Waals surface area (Å²) in [6.45, 7) is 0. The molecule has 0 aliphatic heterocycles. The summed E-state index contributed by atoms with van der Waals surface area (Å²) in [6.07, 6.45) is -4.37. The van der Waals surface area contributed by atoms with Crippen molar-refractivity contribution >= 4 is 33.1 Å². The van der Waals surface area contributed by atoms with Crippen molar-refractivity contribution in [2.75, 3.05) is 0 Å². The zero-order valence-corrected chi connectivity index (χ0v) is 9.13. The molecule has 1 aromatic carbocycles. The summed E-state index contributed by atoms with van der Waals surface area (Å²) in [4.78, 5) is 0.0689. The van der Waals surface area contributed by atoms with Gasteiger partial charge in [0.1, 0.15) is 4.99 Å². The lowest BCUT2D eigenvalue weighted by Gasteiger charge is -2.09. The highest BCUT2D eigenvalue weighted by atomic mass is 79.9. The van der Waals surface area contributed by atoms with Gasteiger partial charge in [0.05, 0.1) is 5.56 Å². The van der Waals surface area contributed by atoms with Crippen molar-refractivity contribution in [3.8, 4) is 0 Å². The Bertz CT molecular complexity index is 375. The predicted molar refractivity (Wildman–Crippen MR) is 55.0 cm³/mol. The van der Waals surface area contributed by atoms with Gasteiger partial charge in [-0.2, -0.15) is 13.2 Å². The highest BCUT2D eigenvalue weighted by Gasteiger charge is 2.32. The van der Waals surface area contributed by atoms with Crippen LogP contribution in [-0.4, -0.2) is 4.99 Å². The van der Waals surface area contributed by atoms with Crippen molar-refractivity contribution in [1.29, 1.82) is 0 Å². The Morgan fingerprint density at radius 1 is 1.36 bits per heavy atom. The Balaban J connectivity index is 3.21. The van der Waals surface area contributed by atoms with Gasteiger partial charge in [0.25, 0.3) is 0 Å². The van der Waals surface area contributed by atoms with Crippen molar-refractivity contribution in [2.45, 2.75) is 6.18 Å². The molecule has 1 nitrogen and oxygen atoms in total. The van der Waals surface area contributed by atoms with Crippen LogP contribution < -0.4 is 5.73 Å². The summed E-state index contributed by atoms with van der Waals surface area (Å²) in [6, 6.07) is 3.44. The van der Waals surface area contributed by atoms with Crippen LogP contribution in [0.1, 0.15) is 11.1 Å². The standard InChI is InChI=1S/C8H5BrF3NS/c9-6-3-4(7(13)14)1-2-5(6)8(10,11)12/h1-3H,(H2,13,14). The van der Waals surface area contributed by atoms with Crippen molar-refractivity contribution < 1.29 is 13.2 Å². The Labute approximate surface area is 92.2 Å². The van der Waals surface area contributed by atoms with Gasteiger partial charge >= 0.3 is 6.18 Å². The number of rotatable bonds is 1. The van der Waals surface area contributed by atoms with Crippen molar-refractivity contribution in [1.82, 2.24) is 0 Å². The minimum atomic E-state index is -4.37. The summed E-state index contributed by atoms with van der Waals surface area (Å²) in [5, 5.41) is 0. The highest BCUT2D eigenvalue weighted by molar-refractivity contribution is 9.10. The van der Waals surface area contributed by atoms with E-state index in [0.29, 0.717) is 5.56 Å². The fourth-order valence-electron chi connectivity index (χ4n) is 0.898. The van der Waals surface area contributed by atoms with Gasteiger partial charge in [0.15, 0.2) is 0 Å². The quantitative estimate of drug-likeness (QED) is 0.802. The van der Waals surface area contributed by atoms with E-state index in [1.165, 1.54) is 12.1 Å². The molecule has 0 saturated carbocycles. The molecule has 0 atom stereocenters. The zero-order valence-electron chi connectivity index (χ0n) is 6.73. The monoisotopic (exact) mass is 283 g/mol. The maximum atomic E-state index is 12.3. The maximum absolute atomic E-state index is 12.3. The Morgan fingerprint density at radius 3 is 2.29 bits per heavy atom. The lowest BCUT2D eigenvalue weighted by atomic mass is 10.1. The van der Waals surface area contributed by atoms with E-state index < -0.39 is 11.7 Å². The molecule has 0 saturated heterocycles. The van der Waals surface area contributed by atoms with Crippen LogP contribution in [0.2, 0.25) is 0 Å². The molecule has 0 unspecified atom stereocenters. The second-order valence-corrected chi connectivity index (χ2v) is 3.85. The second-order valence-electron chi connectivity index (χ2n) is 2.56. The first-order valence-electron chi connectivity index (χ1n) is 3.49. The average molecular weight is 284 g/mol. The maximum Gasteiger partial charge on any atom is 0.417 e. The molecule has 0 amide bonds. The molecule has 2 N–H and O–H groups in total. The molecular weight excluding hydrogens is 279 g/mol. The van der Waals surface area contributed by atoms with Gasteiger partial charge in [0, 0.05) is 10.0 Å². The summed E-state index contributed by atoms with van der Waals surface area (Å²) in [7, 11) is 0. The van der Waals surface area contributed by atoms with Crippen LogP contribution in [0.15, 0.2) is 22.7 Å². The van der Waals surface area contributed by atoms with E-state index in [4.69, 9.17) is 5.73 Å². The number of alkyl halides is 3. The van der Waals surface area contributed by atoms with Crippen LogP contribution in [0.25, 0.3) is 0 Å². The smallest absolute Gasteiger partial charge is 0.389 e. The average Bonchev–Trinajstić information content (AvgIpc) is 2.01. The first kappa shape index (κ1) is 11.5. The molecular formula is C8H5BrF3NS. The Morgan fingerprint density at radius 2 is 1.93 bits per heavy atom. The number of halogens is 4. The molecule has 0 bridgehead atoms. The number of benzene rings is 1. The molecule has 0 heterocycles. The van der Waals surface area contributed by atoms with Crippen molar-refractivity contribution in [3.63, 3.8) is 0 Å². The third-order valence-electron chi connectivity index (χ3n) is 1.56. The summed E-state index contributed by atoms with van der Waals surface area (Å²) < 4.78 is 36.8. The van der Waals surface area contributed by atoms with Crippen LogP contribution in [0.3, 0.4) is 0 Å². The molecule has 0 aliphatic rings. The Kier molecular flexibility index (Phi) is 3.16. The van der Waals surface area contributed by atoms with Gasteiger partial charge in [-0.25, -0.2) is 0 Å². The number of thiocarbonyl (C=S) groups is 1. The number of hydrogen-bond donors (Lipinski definition) is 1. The van der Waals surface area contributed by atoms with Gasteiger partial charge in [0.2, 0.25) is 0 Å². The summed E-state index contributed by atoms with van der Waals surface area (Å²) in [5.41, 5.74) is 4.94. The topological polar surface area (TPSA) is 26.0 Å². The first-order valence-corrected chi connectivity index (χ1v) is 4.69. The number of hydrogen-bond acceptors (Lipinski definition) is 1. The van der Waals surface area contributed by atoms with E-state index in [1.54, 1.807) is 0 Å². The zero-order chi connectivity index (χ0) is 10.9. The van der Waals surface area contributed by atoms with Crippen LogP contribution in [0, 0.1) is 0 Å². The highest BCUT2D eigenvalue weighted by Crippen LogP contribution is 2.35. The van der Waals surface area contributed by atoms with Crippen LogP contribution >= 0.6 is 28.1 Å². The van der Waals surface area contributed by atoms with E-state index in [0.717, 1.165) is 6.07 Å². The minimum Gasteiger partial charge on any atom is -0.389 e. The van der Waals surface area contributed by atoms with E-state index in [1.807, 2.05) is 0 Å². The second kappa shape index (κ2) is 3.86. The van der Waals surface area contributed by atoms with Gasteiger partial charge in [-0.05, 0) is 12.1 Å². The van der Waals surface area contributed by atoms with Gasteiger partial charge in [-0.15, -0.1) is 0 Å². The van der Waals surface area contributed by atoms with Crippen molar-refractivity contribution in [2.24, 2.45) is 5.73 Å². The molecule has 76 valence electrons. The fourth-order valence-corrected chi connectivity index (χ4v) is 1.63. The lowest BCUT2D eigenvalue weighted by Crippen LogP contribution is -2.11. The molecule has 0 aliphatic carbocycles. The molecule has 1 rings (SSSR count). The molecule has 0 fully saturated rings. The normalized spacial score (nSPS) is 11.4. The lowest BCUT2D eigenvalue weighted by molar-refractivity contribution is -0.138. The van der Waals surface area contributed by atoms with Crippen LogP contribution in [-0.2, 0) is 6.18 Å². The van der Waals surface area contributed by atoms with Gasteiger partial charge < -0.3 is 5.73 Å². The third kappa shape index (κ3) is 2.45. The minimum absolute atomic E-state index is 0.0599. The molecule has 0 radical (unpaired) electrons. The SMILES string of the molecule is NC(=S)c1ccc(C(F)(F)F)c(Br)c1. The van der Waals surface area contributed by atoms with Crippen LogP contribution in [0.4, 0.5) is 13.2 Å². The molecule has 0 spiro atoms. The van der Waals surface area contributed by atoms with E-state index in [2.05, 4.69) is 28.1 Å². The fraction of sp³-hybridized carbons (Fsp3) is 0.125. The Hall–Kier alpha value is -0.620. The predicted octanol–water partition coefficient (Wildman–Crippen LogP) is 3.10. The van der Waals surface area contributed by atoms with E-state index >= 15 is 0 Å². The van der Waals surface area contributed by atoms with E-state index in [-0.39, 0.29) is 9.46 Å². The first-order chi connectivity index (χ1) is 6.32. The molecule has 6 heteroatoms. The molecule has 14 heavy (non-hydrogen) atoms. The van der Waals surface area contributed by atoms with Crippen LogP contribution in [0.5, 0.6) is 0 Å².